The van der Waals surface area contributed by atoms with Crippen LogP contribution in [0.4, 0.5) is 11.6 Å². The summed E-state index contributed by atoms with van der Waals surface area (Å²) in [5.74, 6) is 0.476. The van der Waals surface area contributed by atoms with E-state index in [4.69, 9.17) is 23.1 Å². The molecule has 2 heterocycles. The second kappa shape index (κ2) is 8.70. The number of aryl methyl sites for hydroxylation is 2. The number of para-hydroxylation sites is 2. The van der Waals surface area contributed by atoms with Crippen molar-refractivity contribution in [2.75, 3.05) is 11.5 Å². The van der Waals surface area contributed by atoms with Crippen LogP contribution in [0.3, 0.4) is 0 Å². The van der Waals surface area contributed by atoms with Gasteiger partial charge in [-0.3, -0.25) is 4.79 Å². The number of carbonyl (C=O) groups excluding carboxylic acids is 1. The molecule has 8 nitrogen and oxygen atoms in total. The van der Waals surface area contributed by atoms with E-state index in [2.05, 4.69) is 50.4 Å². The number of aromatic nitrogens is 4. The molecule has 10 heteroatoms. The van der Waals surface area contributed by atoms with Crippen LogP contribution >= 0.6 is 11.6 Å². The van der Waals surface area contributed by atoms with E-state index in [0.29, 0.717) is 6.54 Å². The molecule has 0 atom stereocenters. The van der Waals surface area contributed by atoms with Gasteiger partial charge in [-0.15, -0.1) is 0 Å². The number of benzene rings is 1. The lowest BCUT2D eigenvalue weighted by atomic mass is 10.3. The van der Waals surface area contributed by atoms with Gasteiger partial charge in [-0.05, 0) is 26.0 Å². The summed E-state index contributed by atoms with van der Waals surface area (Å²) in [5, 5.41) is 2.80. The molecule has 0 aliphatic heterocycles. The van der Waals surface area contributed by atoms with Crippen LogP contribution in [0, 0.1) is 0 Å². The van der Waals surface area contributed by atoms with Crippen molar-refractivity contribution < 1.29 is 33.3 Å². The number of nitrogens with zero attached hydrogens (tertiary/aromatic N) is 4. The van der Waals surface area contributed by atoms with Gasteiger partial charge in [0.1, 0.15) is 6.54 Å². The molecular formula is C17H21ClIN7O. The number of imidazole rings is 1. The maximum Gasteiger partial charge on any atom is 0.277 e. The SMILES string of the molecule is CCn1c(CNC(=O)c2nc(Cl)c(N)nc2N)[n+](CC)c2ccccc21.[I-]. The van der Waals surface area contributed by atoms with E-state index in [1.165, 1.54) is 0 Å². The number of rotatable bonds is 5. The maximum absolute atomic E-state index is 12.5. The molecule has 1 amide bonds. The van der Waals surface area contributed by atoms with Crippen molar-refractivity contribution in [3.05, 3.63) is 40.9 Å². The lowest BCUT2D eigenvalue weighted by molar-refractivity contribution is -0.676. The Bertz CT molecular complexity index is 948. The molecule has 0 spiro atoms. The van der Waals surface area contributed by atoms with Crippen LogP contribution in [-0.2, 0) is 19.6 Å². The molecule has 0 saturated heterocycles. The van der Waals surface area contributed by atoms with Crippen molar-refractivity contribution >= 4 is 40.2 Å². The number of fused-ring (bicyclic) bond motifs is 1. The Balaban J connectivity index is 0.00000261. The average molecular weight is 502 g/mol. The molecule has 2 aromatic heterocycles. The van der Waals surface area contributed by atoms with E-state index >= 15 is 0 Å². The van der Waals surface area contributed by atoms with E-state index in [-0.39, 0.29) is 46.5 Å². The second-order valence-electron chi connectivity index (χ2n) is 5.71. The molecule has 0 bridgehead atoms. The van der Waals surface area contributed by atoms with E-state index in [9.17, 15) is 4.79 Å². The van der Waals surface area contributed by atoms with Crippen LogP contribution in [0.5, 0.6) is 0 Å². The molecule has 5 N–H and O–H groups in total. The van der Waals surface area contributed by atoms with Gasteiger partial charge in [-0.1, -0.05) is 23.7 Å². The number of halogens is 2. The van der Waals surface area contributed by atoms with Crippen molar-refractivity contribution in [1.29, 1.82) is 0 Å². The highest BCUT2D eigenvalue weighted by atomic mass is 127. The topological polar surface area (TPSA) is 116 Å². The first-order valence-electron chi connectivity index (χ1n) is 8.34. The summed E-state index contributed by atoms with van der Waals surface area (Å²) in [7, 11) is 0. The van der Waals surface area contributed by atoms with Crippen LogP contribution < -0.4 is 45.3 Å². The van der Waals surface area contributed by atoms with Crippen molar-refractivity contribution in [2.45, 2.75) is 33.5 Å². The zero-order valence-electron chi connectivity index (χ0n) is 15.0. The van der Waals surface area contributed by atoms with Crippen molar-refractivity contribution in [2.24, 2.45) is 0 Å². The van der Waals surface area contributed by atoms with Crippen LogP contribution in [-0.4, -0.2) is 20.4 Å². The molecule has 3 rings (SSSR count). The summed E-state index contributed by atoms with van der Waals surface area (Å²) < 4.78 is 4.34. The number of hydrogen-bond donors (Lipinski definition) is 3. The largest absolute Gasteiger partial charge is 1.00 e. The third kappa shape index (κ3) is 3.93. The Morgan fingerprint density at radius 3 is 2.59 bits per heavy atom. The van der Waals surface area contributed by atoms with Gasteiger partial charge in [0.25, 0.3) is 11.7 Å². The molecule has 27 heavy (non-hydrogen) atoms. The fraction of sp³-hybridized carbons (Fsp3) is 0.294. The minimum absolute atomic E-state index is 0. The van der Waals surface area contributed by atoms with Gasteiger partial charge in [0.15, 0.2) is 33.5 Å². The van der Waals surface area contributed by atoms with Gasteiger partial charge < -0.3 is 40.8 Å². The zero-order chi connectivity index (χ0) is 18.8. The molecule has 0 radical (unpaired) electrons. The highest BCUT2D eigenvalue weighted by Crippen LogP contribution is 2.18. The van der Waals surface area contributed by atoms with Crippen molar-refractivity contribution in [3.8, 4) is 0 Å². The van der Waals surface area contributed by atoms with Gasteiger partial charge in [0.2, 0.25) is 0 Å². The Labute approximate surface area is 178 Å². The molecule has 0 unspecified atom stereocenters. The predicted molar refractivity (Wildman–Crippen MR) is 101 cm³/mol. The van der Waals surface area contributed by atoms with E-state index in [1.54, 1.807) is 0 Å². The third-order valence-corrected chi connectivity index (χ3v) is 4.52. The monoisotopic (exact) mass is 501 g/mol. The second-order valence-corrected chi connectivity index (χ2v) is 6.07. The fourth-order valence-electron chi connectivity index (χ4n) is 3.09. The molecule has 0 aliphatic carbocycles. The third-order valence-electron chi connectivity index (χ3n) is 4.25. The number of nitrogens with two attached hydrogens (primary N) is 2. The van der Waals surface area contributed by atoms with Crippen molar-refractivity contribution in [1.82, 2.24) is 19.9 Å². The zero-order valence-corrected chi connectivity index (χ0v) is 18.0. The van der Waals surface area contributed by atoms with Crippen LogP contribution in [0.1, 0.15) is 30.2 Å². The molecule has 144 valence electrons. The lowest BCUT2D eigenvalue weighted by Crippen LogP contribution is -3.00. The van der Waals surface area contributed by atoms with Gasteiger partial charge in [0.05, 0.1) is 13.1 Å². The number of carbonyl (C=O) groups is 1. The predicted octanol–water partition coefficient (Wildman–Crippen LogP) is -1.49. The standard InChI is InChI=1S/C17H20ClN7O.HI/c1-3-24-10-7-5-6-8-11(10)25(4-2)12(24)9-21-17(26)13-15(19)23-16(20)14(18)22-13;/h5-8H,3-4,9H2,1-2H3,(H4-,19,20,21,23,26);1H. The van der Waals surface area contributed by atoms with E-state index in [0.717, 1.165) is 29.9 Å². The highest BCUT2D eigenvalue weighted by Gasteiger charge is 2.24. The summed E-state index contributed by atoms with van der Waals surface area (Å²) in [6, 6.07) is 8.14. The van der Waals surface area contributed by atoms with Crippen LogP contribution in [0.25, 0.3) is 11.0 Å². The number of amides is 1. The van der Waals surface area contributed by atoms with Gasteiger partial charge in [-0.25, -0.2) is 19.1 Å². The summed E-state index contributed by atoms with van der Waals surface area (Å²) >= 11 is 5.85. The number of nitrogen functional groups attached to an aromatic ring is 2. The molecule has 0 aliphatic rings. The van der Waals surface area contributed by atoms with Gasteiger partial charge >= 0.3 is 0 Å². The van der Waals surface area contributed by atoms with Crippen LogP contribution in [0.15, 0.2) is 24.3 Å². The Hall–Kier alpha value is -2.14. The number of anilines is 2. The quantitative estimate of drug-likeness (QED) is 0.291. The smallest absolute Gasteiger partial charge is 0.277 e. The van der Waals surface area contributed by atoms with Gasteiger partial charge in [0, 0.05) is 0 Å². The molecule has 1 aromatic carbocycles. The van der Waals surface area contributed by atoms with Crippen molar-refractivity contribution in [3.63, 3.8) is 0 Å². The van der Waals surface area contributed by atoms with E-state index < -0.39 is 5.91 Å². The number of nitrogens with one attached hydrogen (secondary N) is 1. The first-order valence-corrected chi connectivity index (χ1v) is 8.72. The molecule has 0 fully saturated rings. The Morgan fingerprint density at radius 2 is 1.93 bits per heavy atom. The molecular weight excluding hydrogens is 481 g/mol. The first-order chi connectivity index (χ1) is 12.5. The normalized spacial score (nSPS) is 10.6. The summed E-state index contributed by atoms with van der Waals surface area (Å²) in [4.78, 5) is 20.3. The first kappa shape index (κ1) is 21.2. The van der Waals surface area contributed by atoms with Gasteiger partial charge in [-0.2, -0.15) is 0 Å². The highest BCUT2D eigenvalue weighted by molar-refractivity contribution is 6.31. The minimum atomic E-state index is -0.451. The Kier molecular flexibility index (Phi) is 6.82. The summed E-state index contributed by atoms with van der Waals surface area (Å²) in [6.45, 7) is 6.03. The fourth-order valence-corrected chi connectivity index (χ4v) is 3.22. The lowest BCUT2D eigenvalue weighted by Gasteiger charge is -2.08. The van der Waals surface area contributed by atoms with E-state index in [1.807, 2.05) is 12.1 Å². The Morgan fingerprint density at radius 1 is 1.22 bits per heavy atom. The maximum atomic E-state index is 12.5. The number of hydrogen-bond acceptors (Lipinski definition) is 5. The summed E-state index contributed by atoms with van der Waals surface area (Å²) in [6.07, 6.45) is 0. The summed E-state index contributed by atoms with van der Waals surface area (Å²) in [5.41, 5.74) is 13.5. The molecule has 3 aromatic rings. The molecule has 0 saturated carbocycles. The van der Waals surface area contributed by atoms with Crippen LogP contribution in [0.2, 0.25) is 5.15 Å². The average Bonchev–Trinajstić information content (AvgIpc) is 2.95. The minimum Gasteiger partial charge on any atom is -1.00 e.